The highest BCUT2D eigenvalue weighted by Gasteiger charge is 2.37. The molecule has 4 rings (SSSR count). The Bertz CT molecular complexity index is 1490. The number of aryl methyl sites for hydroxylation is 1. The van der Waals surface area contributed by atoms with E-state index in [1.165, 1.54) is 12.1 Å². The van der Waals surface area contributed by atoms with Crippen LogP contribution in [0.3, 0.4) is 0 Å². The minimum atomic E-state index is -0.854. The van der Waals surface area contributed by atoms with Crippen LogP contribution in [0.5, 0.6) is 11.5 Å². The summed E-state index contributed by atoms with van der Waals surface area (Å²) < 4.78 is 12.5. The number of urea groups is 1. The Morgan fingerprint density at radius 2 is 1.71 bits per heavy atom. The second-order valence-electron chi connectivity index (χ2n) is 8.19. The molecule has 4 amide bonds. The van der Waals surface area contributed by atoms with Gasteiger partial charge < -0.3 is 9.47 Å². The second kappa shape index (κ2) is 11.9. The molecule has 3 aromatic rings. The average molecular weight is 686 g/mol. The number of rotatable bonds is 7. The van der Waals surface area contributed by atoms with Crippen LogP contribution in [0.2, 0.25) is 15.1 Å². The Morgan fingerprint density at radius 3 is 2.39 bits per heavy atom. The maximum absolute atomic E-state index is 13.3. The summed E-state index contributed by atoms with van der Waals surface area (Å²) >= 11 is 20.4. The number of nitrogens with one attached hydrogen (secondary N) is 1. The topological polar surface area (TPSA) is 84.9 Å². The fraction of sp³-hybridized carbons (Fsp3) is 0.148. The van der Waals surface area contributed by atoms with Crippen molar-refractivity contribution < 1.29 is 23.9 Å². The SMILES string of the molecule is CCOc1cc(/C=C2/C(=O)NC(=O)N(c3ccc(C)c(Cl)c3)C2=O)cc(I)c1OCc1ccc(Cl)c(Cl)c1. The Labute approximate surface area is 247 Å². The smallest absolute Gasteiger partial charge is 0.335 e. The van der Waals surface area contributed by atoms with Crippen LogP contribution in [-0.4, -0.2) is 24.5 Å². The summed E-state index contributed by atoms with van der Waals surface area (Å²) in [6.45, 7) is 4.20. The van der Waals surface area contributed by atoms with Crippen molar-refractivity contribution in [3.8, 4) is 11.5 Å². The molecule has 1 N–H and O–H groups in total. The van der Waals surface area contributed by atoms with Gasteiger partial charge in [-0.2, -0.15) is 0 Å². The molecule has 7 nitrogen and oxygen atoms in total. The molecular formula is C27H20Cl3IN2O5. The van der Waals surface area contributed by atoms with Gasteiger partial charge in [0, 0.05) is 5.02 Å². The van der Waals surface area contributed by atoms with Crippen molar-refractivity contribution in [2.45, 2.75) is 20.5 Å². The van der Waals surface area contributed by atoms with E-state index in [0.717, 1.165) is 16.0 Å². The van der Waals surface area contributed by atoms with Crippen LogP contribution in [-0.2, 0) is 16.2 Å². The Balaban J connectivity index is 1.66. The van der Waals surface area contributed by atoms with Crippen LogP contribution >= 0.6 is 57.4 Å². The van der Waals surface area contributed by atoms with Crippen molar-refractivity contribution in [1.29, 1.82) is 0 Å². The molecule has 0 bridgehead atoms. The largest absolute Gasteiger partial charge is 0.490 e. The first-order valence-electron chi connectivity index (χ1n) is 11.3. The number of carbonyl (C=O) groups is 3. The fourth-order valence-corrected chi connectivity index (χ4v) is 4.92. The number of ether oxygens (including phenoxy) is 2. The molecule has 0 spiro atoms. The van der Waals surface area contributed by atoms with E-state index in [2.05, 4.69) is 27.9 Å². The van der Waals surface area contributed by atoms with Crippen molar-refractivity contribution in [2.24, 2.45) is 0 Å². The molecule has 1 aliphatic heterocycles. The van der Waals surface area contributed by atoms with Crippen LogP contribution < -0.4 is 19.7 Å². The zero-order valence-electron chi connectivity index (χ0n) is 20.1. The third-order valence-electron chi connectivity index (χ3n) is 5.53. The number of hydrogen-bond acceptors (Lipinski definition) is 5. The zero-order chi connectivity index (χ0) is 27.6. The average Bonchev–Trinajstić information content (AvgIpc) is 2.85. The molecule has 0 radical (unpaired) electrons. The standard InChI is InChI=1S/C27H20Cl3IN2O5/c1-3-37-23-11-16(10-22(31)24(23)38-13-15-5-7-19(28)21(30)9-15)8-18-25(34)32-27(36)33(26(18)35)17-6-4-14(2)20(29)12-17/h4-12H,3,13H2,1-2H3,(H,32,34,36)/b18-8-. The van der Waals surface area contributed by atoms with Gasteiger partial charge in [0.2, 0.25) is 0 Å². The number of amides is 4. The highest BCUT2D eigenvalue weighted by molar-refractivity contribution is 14.1. The Kier molecular flexibility index (Phi) is 8.87. The van der Waals surface area contributed by atoms with E-state index in [1.807, 2.05) is 13.0 Å². The quantitative estimate of drug-likeness (QED) is 0.162. The molecule has 196 valence electrons. The number of imide groups is 2. The fourth-order valence-electron chi connectivity index (χ4n) is 3.64. The first-order chi connectivity index (χ1) is 18.1. The summed E-state index contributed by atoms with van der Waals surface area (Å²) in [7, 11) is 0. The summed E-state index contributed by atoms with van der Waals surface area (Å²) in [4.78, 5) is 39.3. The van der Waals surface area contributed by atoms with Gasteiger partial charge in [0.15, 0.2) is 11.5 Å². The predicted molar refractivity (Wildman–Crippen MR) is 156 cm³/mol. The van der Waals surface area contributed by atoms with Gasteiger partial charge >= 0.3 is 6.03 Å². The van der Waals surface area contributed by atoms with E-state index < -0.39 is 17.8 Å². The van der Waals surface area contributed by atoms with E-state index in [0.29, 0.717) is 42.3 Å². The highest BCUT2D eigenvalue weighted by Crippen LogP contribution is 2.36. The minimum absolute atomic E-state index is 0.213. The number of nitrogens with zero attached hydrogens (tertiary/aromatic N) is 1. The summed E-state index contributed by atoms with van der Waals surface area (Å²) in [5.41, 5.74) is 2.14. The zero-order valence-corrected chi connectivity index (χ0v) is 24.5. The van der Waals surface area contributed by atoms with E-state index in [1.54, 1.807) is 43.3 Å². The Hall–Kier alpha value is -2.79. The Morgan fingerprint density at radius 1 is 0.947 bits per heavy atom. The summed E-state index contributed by atoms with van der Waals surface area (Å²) in [5, 5.41) is 3.47. The number of anilines is 1. The lowest BCUT2D eigenvalue weighted by Gasteiger charge is -2.26. The number of barbiturate groups is 1. The van der Waals surface area contributed by atoms with Gasteiger partial charge in [-0.3, -0.25) is 14.9 Å². The van der Waals surface area contributed by atoms with Crippen LogP contribution in [0.4, 0.5) is 10.5 Å². The van der Waals surface area contributed by atoms with E-state index in [-0.39, 0.29) is 17.9 Å². The van der Waals surface area contributed by atoms with E-state index in [9.17, 15) is 14.4 Å². The van der Waals surface area contributed by atoms with Crippen molar-refractivity contribution >= 4 is 87.0 Å². The van der Waals surface area contributed by atoms with Gasteiger partial charge in [0.25, 0.3) is 11.8 Å². The molecule has 38 heavy (non-hydrogen) atoms. The van der Waals surface area contributed by atoms with Gasteiger partial charge in [0.05, 0.1) is 25.9 Å². The lowest BCUT2D eigenvalue weighted by Crippen LogP contribution is -2.54. The first kappa shape index (κ1) is 28.2. The molecule has 3 aromatic carbocycles. The molecule has 0 unspecified atom stereocenters. The van der Waals surface area contributed by atoms with Crippen LogP contribution in [0, 0.1) is 10.5 Å². The van der Waals surface area contributed by atoms with Crippen LogP contribution in [0.25, 0.3) is 6.08 Å². The maximum atomic E-state index is 13.3. The van der Waals surface area contributed by atoms with Crippen molar-refractivity contribution in [3.63, 3.8) is 0 Å². The van der Waals surface area contributed by atoms with Gasteiger partial charge in [-0.05, 0) is 95.6 Å². The normalized spacial score (nSPS) is 14.6. The molecule has 1 heterocycles. The number of carbonyl (C=O) groups excluding carboxylic acids is 3. The third-order valence-corrected chi connectivity index (χ3v) is 7.47. The summed E-state index contributed by atoms with van der Waals surface area (Å²) in [6, 6.07) is 12.5. The van der Waals surface area contributed by atoms with E-state index in [4.69, 9.17) is 44.3 Å². The monoisotopic (exact) mass is 684 g/mol. The molecule has 1 saturated heterocycles. The molecule has 0 saturated carbocycles. The van der Waals surface area contributed by atoms with E-state index >= 15 is 0 Å². The van der Waals surface area contributed by atoms with Gasteiger partial charge in [0.1, 0.15) is 12.2 Å². The predicted octanol–water partition coefficient (Wildman–Crippen LogP) is 7.20. The molecule has 11 heteroatoms. The molecular weight excluding hydrogens is 666 g/mol. The molecule has 0 atom stereocenters. The first-order valence-corrected chi connectivity index (χ1v) is 13.5. The molecule has 0 aliphatic carbocycles. The van der Waals surface area contributed by atoms with Crippen LogP contribution in [0.15, 0.2) is 54.1 Å². The number of benzene rings is 3. The molecule has 0 aromatic heterocycles. The van der Waals surface area contributed by atoms with Gasteiger partial charge in [-0.15, -0.1) is 0 Å². The van der Waals surface area contributed by atoms with Crippen LogP contribution in [0.1, 0.15) is 23.6 Å². The minimum Gasteiger partial charge on any atom is -0.490 e. The van der Waals surface area contributed by atoms with Gasteiger partial charge in [-0.25, -0.2) is 9.69 Å². The third kappa shape index (κ3) is 6.09. The lowest BCUT2D eigenvalue weighted by molar-refractivity contribution is -0.122. The van der Waals surface area contributed by atoms with Crippen molar-refractivity contribution in [1.82, 2.24) is 5.32 Å². The molecule has 1 aliphatic rings. The summed E-state index contributed by atoms with van der Waals surface area (Å²) in [6.07, 6.45) is 1.40. The van der Waals surface area contributed by atoms with Crippen molar-refractivity contribution in [2.75, 3.05) is 11.5 Å². The molecule has 1 fully saturated rings. The van der Waals surface area contributed by atoms with Crippen molar-refractivity contribution in [3.05, 3.63) is 89.4 Å². The van der Waals surface area contributed by atoms with Gasteiger partial charge in [-0.1, -0.05) is 46.9 Å². The maximum Gasteiger partial charge on any atom is 0.335 e. The highest BCUT2D eigenvalue weighted by atomic mass is 127. The lowest BCUT2D eigenvalue weighted by atomic mass is 10.1. The summed E-state index contributed by atoms with van der Waals surface area (Å²) in [5.74, 6) is -0.659. The number of hydrogen-bond donors (Lipinski definition) is 1. The number of halogens is 4. The second-order valence-corrected chi connectivity index (χ2v) is 10.6.